The first-order valence-corrected chi connectivity index (χ1v) is 9.06. The van der Waals surface area contributed by atoms with Gasteiger partial charge in [0.1, 0.15) is 6.04 Å². The summed E-state index contributed by atoms with van der Waals surface area (Å²) < 4.78 is 0. The molecule has 5 rings (SSSR count). The van der Waals surface area contributed by atoms with Crippen LogP contribution >= 0.6 is 0 Å². The first-order chi connectivity index (χ1) is 12.6. The summed E-state index contributed by atoms with van der Waals surface area (Å²) in [6, 6.07) is 9.21. The summed E-state index contributed by atoms with van der Waals surface area (Å²) in [5.41, 5.74) is 2.68. The minimum atomic E-state index is -0.627. The number of anilines is 1. The summed E-state index contributed by atoms with van der Waals surface area (Å²) in [5.74, 6) is -0.178. The third-order valence-corrected chi connectivity index (χ3v) is 5.71. The van der Waals surface area contributed by atoms with Gasteiger partial charge in [-0.05, 0) is 54.9 Å². The largest absolute Gasteiger partial charge is 0.316 e. The Morgan fingerprint density at radius 2 is 1.92 bits per heavy atom. The highest BCUT2D eigenvalue weighted by molar-refractivity contribution is 6.27. The monoisotopic (exact) mass is 349 g/mol. The molecule has 0 radical (unpaired) electrons. The van der Waals surface area contributed by atoms with Crippen molar-refractivity contribution < 1.29 is 14.4 Å². The van der Waals surface area contributed by atoms with Gasteiger partial charge >= 0.3 is 0 Å². The molecule has 26 heavy (non-hydrogen) atoms. The zero-order valence-corrected chi connectivity index (χ0v) is 14.2. The van der Waals surface area contributed by atoms with Crippen molar-refractivity contribution in [3.8, 4) is 0 Å². The van der Waals surface area contributed by atoms with Crippen LogP contribution in [-0.4, -0.2) is 36.9 Å². The number of imide groups is 1. The van der Waals surface area contributed by atoms with Gasteiger partial charge in [-0.2, -0.15) is 0 Å². The quantitative estimate of drug-likeness (QED) is 0.821. The lowest BCUT2D eigenvalue weighted by atomic mass is 9.90. The predicted molar refractivity (Wildman–Crippen MR) is 97.0 cm³/mol. The van der Waals surface area contributed by atoms with Crippen LogP contribution < -0.4 is 15.5 Å². The van der Waals surface area contributed by atoms with Gasteiger partial charge in [0.05, 0.1) is 5.69 Å². The van der Waals surface area contributed by atoms with E-state index in [-0.39, 0.29) is 24.1 Å². The van der Waals surface area contributed by atoms with Crippen LogP contribution in [-0.2, 0) is 16.0 Å². The van der Waals surface area contributed by atoms with Crippen molar-refractivity contribution in [2.24, 2.45) is 5.92 Å². The number of nitrogens with one attached hydrogen (secondary N) is 2. The molecule has 0 saturated carbocycles. The number of rotatable bonds is 3. The van der Waals surface area contributed by atoms with E-state index < -0.39 is 6.04 Å². The van der Waals surface area contributed by atoms with Crippen LogP contribution in [0.5, 0.6) is 0 Å². The number of benzene rings is 2. The van der Waals surface area contributed by atoms with Crippen molar-refractivity contribution in [2.75, 3.05) is 18.0 Å². The van der Waals surface area contributed by atoms with E-state index in [1.807, 2.05) is 18.2 Å². The van der Waals surface area contributed by atoms with Gasteiger partial charge in [0.25, 0.3) is 5.91 Å². The van der Waals surface area contributed by atoms with Gasteiger partial charge in [-0.15, -0.1) is 0 Å². The third kappa shape index (κ3) is 2.18. The zero-order chi connectivity index (χ0) is 17.8. The first kappa shape index (κ1) is 15.5. The molecule has 0 aromatic heterocycles. The Balaban J connectivity index is 1.60. The van der Waals surface area contributed by atoms with E-state index in [0.29, 0.717) is 17.9 Å². The summed E-state index contributed by atoms with van der Waals surface area (Å²) >= 11 is 0. The maximum atomic E-state index is 13.1. The summed E-state index contributed by atoms with van der Waals surface area (Å²) in [6.07, 6.45) is 1.60. The summed E-state index contributed by atoms with van der Waals surface area (Å²) in [5, 5.41) is 7.69. The number of amides is 3. The van der Waals surface area contributed by atoms with E-state index in [2.05, 4.69) is 22.8 Å². The molecular formula is C20H19N3O3. The zero-order valence-electron chi connectivity index (χ0n) is 14.2. The van der Waals surface area contributed by atoms with Crippen molar-refractivity contribution in [3.63, 3.8) is 0 Å². The predicted octanol–water partition coefficient (Wildman–Crippen LogP) is 1.37. The maximum absolute atomic E-state index is 13.1. The molecule has 3 heterocycles. The standard InChI is InChI=1S/C20H19N3O3/c24-17-7-6-16(19(25)22-17)23-15-5-4-12(8-11-9-21-10-11)13-2-1-3-14(18(13)15)20(23)26/h1-5,11,16,21H,6-10H2,(H,22,24,25). The van der Waals surface area contributed by atoms with Crippen LogP contribution in [0.2, 0.25) is 0 Å². The van der Waals surface area contributed by atoms with Crippen LogP contribution in [0.4, 0.5) is 5.69 Å². The molecule has 2 fully saturated rings. The molecule has 3 amide bonds. The maximum Gasteiger partial charge on any atom is 0.259 e. The molecule has 3 aliphatic rings. The highest BCUT2D eigenvalue weighted by Crippen LogP contribution is 2.41. The molecule has 0 aliphatic carbocycles. The topological polar surface area (TPSA) is 78.5 Å². The van der Waals surface area contributed by atoms with Gasteiger partial charge in [-0.3, -0.25) is 24.6 Å². The number of nitrogens with zero attached hydrogens (tertiary/aromatic N) is 1. The lowest BCUT2D eigenvalue weighted by Gasteiger charge is -2.30. The molecule has 0 bridgehead atoms. The SMILES string of the molecule is O=C1CCC(N2C(=O)c3cccc4c(CC5CNC5)ccc2c34)C(=O)N1. The van der Waals surface area contributed by atoms with E-state index in [0.717, 1.165) is 36.0 Å². The molecule has 3 aliphatic heterocycles. The average Bonchev–Trinajstić information content (AvgIpc) is 2.87. The van der Waals surface area contributed by atoms with Gasteiger partial charge in [-0.1, -0.05) is 18.2 Å². The normalized spacial score (nSPS) is 22.7. The number of carbonyl (C=O) groups excluding carboxylic acids is 3. The van der Waals surface area contributed by atoms with Crippen molar-refractivity contribution in [1.82, 2.24) is 10.6 Å². The van der Waals surface area contributed by atoms with Crippen LogP contribution in [0, 0.1) is 5.92 Å². The van der Waals surface area contributed by atoms with E-state index in [1.54, 1.807) is 4.90 Å². The smallest absolute Gasteiger partial charge is 0.259 e. The number of carbonyl (C=O) groups is 3. The molecule has 2 N–H and O–H groups in total. The Hall–Kier alpha value is -2.73. The van der Waals surface area contributed by atoms with Crippen molar-refractivity contribution in [1.29, 1.82) is 0 Å². The number of hydrogen-bond donors (Lipinski definition) is 2. The molecule has 2 saturated heterocycles. The number of hydrogen-bond acceptors (Lipinski definition) is 4. The van der Waals surface area contributed by atoms with Crippen molar-refractivity contribution >= 4 is 34.2 Å². The van der Waals surface area contributed by atoms with Gasteiger partial charge in [0, 0.05) is 17.4 Å². The Bertz CT molecular complexity index is 964. The second kappa shape index (κ2) is 5.64. The van der Waals surface area contributed by atoms with Crippen LogP contribution in [0.1, 0.15) is 28.8 Å². The molecule has 6 heteroatoms. The van der Waals surface area contributed by atoms with Gasteiger partial charge < -0.3 is 5.32 Å². The van der Waals surface area contributed by atoms with Crippen molar-refractivity contribution in [3.05, 3.63) is 41.5 Å². The van der Waals surface area contributed by atoms with Crippen molar-refractivity contribution in [2.45, 2.75) is 25.3 Å². The summed E-state index contributed by atoms with van der Waals surface area (Å²) in [7, 11) is 0. The molecular weight excluding hydrogens is 330 g/mol. The van der Waals surface area contributed by atoms with Gasteiger partial charge in [-0.25, -0.2) is 0 Å². The molecule has 2 aromatic rings. The molecule has 1 atom stereocenters. The molecule has 1 unspecified atom stereocenters. The fourth-order valence-electron chi connectivity index (χ4n) is 4.29. The minimum absolute atomic E-state index is 0.150. The molecule has 0 spiro atoms. The Morgan fingerprint density at radius 1 is 1.08 bits per heavy atom. The molecule has 6 nitrogen and oxygen atoms in total. The van der Waals surface area contributed by atoms with E-state index >= 15 is 0 Å². The second-order valence-corrected chi connectivity index (χ2v) is 7.34. The summed E-state index contributed by atoms with van der Waals surface area (Å²) in [6.45, 7) is 2.06. The van der Waals surface area contributed by atoms with E-state index in [9.17, 15) is 14.4 Å². The van der Waals surface area contributed by atoms with Gasteiger partial charge in [0.2, 0.25) is 11.8 Å². The van der Waals surface area contributed by atoms with Crippen LogP contribution in [0.15, 0.2) is 30.3 Å². The first-order valence-electron chi connectivity index (χ1n) is 9.06. The fourth-order valence-corrected chi connectivity index (χ4v) is 4.29. The highest BCUT2D eigenvalue weighted by Gasteiger charge is 2.40. The lowest BCUT2D eigenvalue weighted by molar-refractivity contribution is -0.134. The Morgan fingerprint density at radius 3 is 2.65 bits per heavy atom. The highest BCUT2D eigenvalue weighted by atomic mass is 16.2. The third-order valence-electron chi connectivity index (χ3n) is 5.71. The van der Waals surface area contributed by atoms with Crippen LogP contribution in [0.3, 0.4) is 0 Å². The molecule has 132 valence electrons. The van der Waals surface area contributed by atoms with Gasteiger partial charge in [0.15, 0.2) is 0 Å². The minimum Gasteiger partial charge on any atom is -0.316 e. The van der Waals surface area contributed by atoms with E-state index in [1.165, 1.54) is 5.56 Å². The lowest BCUT2D eigenvalue weighted by Crippen LogP contribution is -2.53. The Kier molecular flexibility index (Phi) is 3.37. The second-order valence-electron chi connectivity index (χ2n) is 7.34. The summed E-state index contributed by atoms with van der Waals surface area (Å²) in [4.78, 5) is 38.4. The Labute approximate surface area is 150 Å². The van der Waals surface area contributed by atoms with E-state index in [4.69, 9.17) is 0 Å². The average molecular weight is 349 g/mol. The molecule has 2 aromatic carbocycles. The fraction of sp³-hybridized carbons (Fsp3) is 0.350. The van der Waals surface area contributed by atoms with Crippen LogP contribution in [0.25, 0.3) is 10.8 Å². The number of piperidine rings is 1.